The molecule has 0 aliphatic heterocycles. The Kier molecular flexibility index (Phi) is 22.7. The van der Waals surface area contributed by atoms with Crippen molar-refractivity contribution in [2.24, 2.45) is 0 Å². The van der Waals surface area contributed by atoms with Gasteiger partial charge < -0.3 is 28.4 Å². The summed E-state index contributed by atoms with van der Waals surface area (Å²) < 4.78 is 7.19. The zero-order valence-electron chi connectivity index (χ0n) is 81.5. The molecule has 12 heteroatoms. The van der Waals surface area contributed by atoms with Crippen molar-refractivity contribution in [1.82, 2.24) is 43.6 Å². The smallest absolute Gasteiger partial charge is 0.0973 e. The van der Waals surface area contributed by atoms with E-state index in [4.69, 9.17) is 19.9 Å². The molecule has 704 valence electrons. The van der Waals surface area contributed by atoms with Crippen molar-refractivity contribution in [2.45, 2.75) is 0 Å². The molecule has 23 aromatic carbocycles. The Labute approximate surface area is 865 Å². The van der Waals surface area contributed by atoms with E-state index in [1.54, 1.807) is 12.4 Å². The molecule has 0 aliphatic rings. The van der Waals surface area contributed by atoms with Crippen molar-refractivity contribution in [2.75, 3.05) is 14.7 Å². The zero-order chi connectivity index (χ0) is 99.3. The Hall–Kier alpha value is -20.3. The monoisotopic (exact) mass is 1920 g/mol. The molecule has 29 rings (SSSR count). The lowest BCUT2D eigenvalue weighted by molar-refractivity contribution is 1.17. The minimum atomic E-state index is 0.846. The number of benzene rings is 23. The summed E-state index contributed by atoms with van der Waals surface area (Å²) in [5.41, 5.74) is 35.0. The van der Waals surface area contributed by atoms with Crippen LogP contribution in [-0.4, -0.2) is 43.6 Å². The van der Waals surface area contributed by atoms with Crippen molar-refractivity contribution in [1.29, 1.82) is 0 Å². The molecule has 0 radical (unpaired) electrons. The fraction of sp³-hybridized carbons (Fsp3) is 0. The summed E-state index contributed by atoms with van der Waals surface area (Å²) in [7, 11) is 0. The highest BCUT2D eigenvalue weighted by atomic mass is 15.2. The highest BCUT2D eigenvalue weighted by Gasteiger charge is 2.27. The van der Waals surface area contributed by atoms with Gasteiger partial charge in [-0.25, -0.2) is 19.9 Å². The lowest BCUT2D eigenvalue weighted by Gasteiger charge is -2.25. The van der Waals surface area contributed by atoms with Gasteiger partial charge in [-0.05, 0) is 232 Å². The molecule has 6 heterocycles. The van der Waals surface area contributed by atoms with Gasteiger partial charge in [0.15, 0.2) is 0 Å². The van der Waals surface area contributed by atoms with Gasteiger partial charge in [0.25, 0.3) is 0 Å². The Morgan fingerprint density at radius 2 is 0.413 bits per heavy atom. The second kappa shape index (κ2) is 38.4. The quantitative estimate of drug-likeness (QED) is 0.0882. The summed E-state index contributed by atoms with van der Waals surface area (Å²) >= 11 is 0. The highest BCUT2D eigenvalue weighted by Crippen LogP contribution is 2.49. The van der Waals surface area contributed by atoms with Crippen LogP contribution in [0.25, 0.3) is 204 Å². The first-order valence-corrected chi connectivity index (χ1v) is 50.7. The van der Waals surface area contributed by atoms with Crippen LogP contribution in [0.3, 0.4) is 0 Å². The maximum atomic E-state index is 5.34. The predicted molar refractivity (Wildman–Crippen MR) is 625 cm³/mol. The first-order chi connectivity index (χ1) is 74.4. The van der Waals surface area contributed by atoms with Gasteiger partial charge >= 0.3 is 0 Å². The summed E-state index contributed by atoms with van der Waals surface area (Å²) in [6.07, 6.45) is 3.49. The van der Waals surface area contributed by atoms with Gasteiger partial charge in [0, 0.05) is 135 Å². The molecule has 0 spiro atoms. The van der Waals surface area contributed by atoms with E-state index < -0.39 is 0 Å². The normalized spacial score (nSPS) is 11.5. The number of para-hydroxylation sites is 6. The van der Waals surface area contributed by atoms with Gasteiger partial charge in [0.1, 0.15) is 0 Å². The van der Waals surface area contributed by atoms with Gasteiger partial charge in [0.05, 0.1) is 89.0 Å². The Bertz CT molecular complexity index is 10000. The topological polar surface area (TPSA) is 102 Å². The van der Waals surface area contributed by atoms with Crippen LogP contribution in [0.1, 0.15) is 0 Å². The third kappa shape index (κ3) is 16.3. The number of nitrogens with zero attached hydrogens (tertiary/aromatic N) is 12. The molecular weight excluding hydrogens is 1830 g/mol. The molecule has 0 N–H and O–H groups in total. The van der Waals surface area contributed by atoms with Crippen molar-refractivity contribution < 1.29 is 0 Å². The largest absolute Gasteiger partial charge is 0.310 e. The van der Waals surface area contributed by atoms with E-state index in [1.165, 1.54) is 75.7 Å². The molecule has 0 fully saturated rings. The average Bonchev–Trinajstić information content (AvgIpc) is 1.58. The molecule has 150 heavy (non-hydrogen) atoms. The van der Waals surface area contributed by atoms with Gasteiger partial charge in [-0.1, -0.05) is 358 Å². The van der Waals surface area contributed by atoms with E-state index in [2.05, 4.69) is 560 Å². The number of rotatable bonds is 17. The van der Waals surface area contributed by atoms with Gasteiger partial charge in [-0.2, -0.15) is 0 Å². The first kappa shape index (κ1) is 88.6. The number of hydrogen-bond acceptors (Lipinski definition) is 9. The summed E-state index contributed by atoms with van der Waals surface area (Å²) in [4.78, 5) is 37.1. The van der Waals surface area contributed by atoms with Crippen molar-refractivity contribution in [3.63, 3.8) is 0 Å². The van der Waals surface area contributed by atoms with E-state index in [9.17, 15) is 0 Å². The standard InChI is InChI=1S/C54H36N4.C48H32N4.C36H24N4/c1-5-17-38(18-6-1)53-54(39-19-7-2-8-20-39)56-49-35-41(28-32-48(49)55-53)40-21-15-26-44(34-40)58-50-33-29-37-16-13-14-27-46(37)52(50)47-31-30-45(36-51(47)58)57(42-22-9-3-10-23-42)43-24-11-4-12-25-43;1-5-16-34(17-6-1)47-48(35-18-7-2-8-19-35)50-43-31-38(27-29-42(43)49-47)52-44-30-25-33-15-13-14-24-40(33)46(44)41-28-26-39(32-45(41)52)51(36-20-9-3-10-21-36)37-22-11-4-12-23-37;1-3-10-26(11-4-1)39(27-12-5-2-6-13-27)29-16-18-31-35(24-29)40(28-17-19-32-33(23-28)38-22-21-37-32)34-20-15-25-9-7-8-14-30(25)36(31)34/h1-36H;1-32H;1-24H. The molecule has 0 saturated heterocycles. The molecule has 0 atom stereocenters. The number of fused-ring (bicyclic) bond motifs is 18. The minimum Gasteiger partial charge on any atom is -0.310 e. The minimum absolute atomic E-state index is 0.846. The third-order valence-electron chi connectivity index (χ3n) is 28.7. The Morgan fingerprint density at radius 1 is 0.147 bits per heavy atom. The van der Waals surface area contributed by atoms with Crippen LogP contribution in [0.2, 0.25) is 0 Å². The Morgan fingerprint density at radius 3 is 0.760 bits per heavy atom. The van der Waals surface area contributed by atoms with Crippen molar-refractivity contribution >= 4 is 182 Å². The second-order valence-corrected chi connectivity index (χ2v) is 37.6. The van der Waals surface area contributed by atoms with E-state index in [0.717, 1.165) is 180 Å². The molecule has 29 aromatic rings. The van der Waals surface area contributed by atoms with Crippen LogP contribution < -0.4 is 14.7 Å². The molecule has 0 bridgehead atoms. The molecule has 0 saturated carbocycles. The third-order valence-corrected chi connectivity index (χ3v) is 28.7. The number of hydrogen-bond donors (Lipinski definition) is 0. The molecule has 0 amide bonds. The molecule has 0 aliphatic carbocycles. The lowest BCUT2D eigenvalue weighted by atomic mass is 10.0. The lowest BCUT2D eigenvalue weighted by Crippen LogP contribution is -2.09. The van der Waals surface area contributed by atoms with Gasteiger partial charge in [0.2, 0.25) is 0 Å². The summed E-state index contributed by atoms with van der Waals surface area (Å²) in [5.74, 6) is 0. The van der Waals surface area contributed by atoms with Gasteiger partial charge in [-0.15, -0.1) is 0 Å². The molecule has 6 aromatic heterocycles. The average molecular weight is 1920 g/mol. The maximum absolute atomic E-state index is 5.34. The molecular formula is C138H92N12. The van der Waals surface area contributed by atoms with Crippen LogP contribution in [0.15, 0.2) is 558 Å². The number of anilines is 9. The molecule has 12 nitrogen and oxygen atoms in total. The van der Waals surface area contributed by atoms with Crippen molar-refractivity contribution in [3.8, 4) is 73.2 Å². The summed E-state index contributed by atoms with van der Waals surface area (Å²) in [6, 6.07) is 193. The maximum Gasteiger partial charge on any atom is 0.0973 e. The second-order valence-electron chi connectivity index (χ2n) is 37.6. The Balaban J connectivity index is 0.000000112. The van der Waals surface area contributed by atoms with E-state index in [-0.39, 0.29) is 0 Å². The van der Waals surface area contributed by atoms with Crippen LogP contribution in [0.5, 0.6) is 0 Å². The summed E-state index contributed by atoms with van der Waals surface area (Å²) in [6.45, 7) is 0. The van der Waals surface area contributed by atoms with Crippen LogP contribution >= 0.6 is 0 Å². The van der Waals surface area contributed by atoms with Crippen LogP contribution in [-0.2, 0) is 0 Å². The van der Waals surface area contributed by atoms with E-state index in [1.807, 2.05) is 24.3 Å². The fourth-order valence-corrected chi connectivity index (χ4v) is 21.9. The van der Waals surface area contributed by atoms with E-state index >= 15 is 0 Å². The summed E-state index contributed by atoms with van der Waals surface area (Å²) in [5, 5.41) is 14.8. The van der Waals surface area contributed by atoms with Crippen molar-refractivity contribution in [3.05, 3.63) is 558 Å². The van der Waals surface area contributed by atoms with E-state index in [0.29, 0.717) is 0 Å². The number of aromatic nitrogens is 9. The van der Waals surface area contributed by atoms with Crippen LogP contribution in [0.4, 0.5) is 51.2 Å². The van der Waals surface area contributed by atoms with Gasteiger partial charge in [-0.3, -0.25) is 9.97 Å². The first-order valence-electron chi connectivity index (χ1n) is 50.7. The molecule has 0 unspecified atom stereocenters. The fourth-order valence-electron chi connectivity index (χ4n) is 21.9. The zero-order valence-corrected chi connectivity index (χ0v) is 81.5. The predicted octanol–water partition coefficient (Wildman–Crippen LogP) is 36.4. The van der Waals surface area contributed by atoms with Crippen LogP contribution in [0, 0.1) is 0 Å². The highest BCUT2D eigenvalue weighted by molar-refractivity contribution is 6.25. The SMILES string of the molecule is c1ccc(-c2nc3ccc(-c4cccc(-n5c6cc(N(c7ccccc7)c7ccccc7)ccc6c6c7ccccc7ccc65)c4)cc3nc2-c2ccccc2)cc1.c1ccc(-c2nc3ccc(-n4c5cc(N(c6ccccc6)c6ccccc6)ccc5c5c6ccccc6ccc54)cc3nc2-c2ccccc2)cc1.c1ccc(N(c2ccccc2)c2ccc3c4c5ccccc5ccc4n(-c4ccc5nccnc5c4)c3c2)cc1.